The van der Waals surface area contributed by atoms with Crippen LogP contribution in [0.15, 0.2) is 79.4 Å². The highest BCUT2D eigenvalue weighted by Gasteiger charge is 2.31. The monoisotopic (exact) mass is 397 g/mol. The van der Waals surface area contributed by atoms with Gasteiger partial charge < -0.3 is 5.32 Å². The number of benzene rings is 2. The van der Waals surface area contributed by atoms with Crippen LogP contribution in [0.4, 0.5) is 18.9 Å². The van der Waals surface area contributed by atoms with Crippen molar-refractivity contribution in [3.8, 4) is 11.4 Å². The molecule has 4 aromatic rings. The zero-order valence-electron chi connectivity index (χ0n) is 14.8. The maximum atomic E-state index is 13.1. The van der Waals surface area contributed by atoms with Gasteiger partial charge in [-0.1, -0.05) is 0 Å². The highest BCUT2D eigenvalue weighted by atomic mass is 19.4. The zero-order chi connectivity index (χ0) is 20.4. The van der Waals surface area contributed by atoms with E-state index in [1.54, 1.807) is 59.7 Å². The van der Waals surface area contributed by atoms with E-state index in [1.807, 2.05) is 0 Å². The molecule has 0 atom stereocenters. The zero-order valence-corrected chi connectivity index (χ0v) is 14.8. The fraction of sp³-hybridized carbons (Fsp3) is 0.0500. The molecule has 1 N–H and O–H groups in total. The number of carbonyl (C=O) groups excluding carboxylic acids is 1. The van der Waals surface area contributed by atoms with Crippen molar-refractivity contribution < 1.29 is 18.0 Å². The van der Waals surface area contributed by atoms with E-state index in [1.165, 1.54) is 16.9 Å². The number of amides is 1. The largest absolute Gasteiger partial charge is 0.416 e. The lowest BCUT2D eigenvalue weighted by molar-refractivity contribution is -0.137. The molecule has 4 rings (SSSR count). The minimum absolute atomic E-state index is 0.00433. The Bertz CT molecular complexity index is 1120. The lowest BCUT2D eigenvalue weighted by Gasteiger charge is -2.15. The van der Waals surface area contributed by atoms with Gasteiger partial charge in [-0.05, 0) is 54.6 Å². The highest BCUT2D eigenvalue weighted by Crippen LogP contribution is 2.33. The summed E-state index contributed by atoms with van der Waals surface area (Å²) in [7, 11) is 0. The molecule has 0 bridgehead atoms. The summed E-state index contributed by atoms with van der Waals surface area (Å²) >= 11 is 0. The number of hydrogen-bond donors (Lipinski definition) is 1. The van der Waals surface area contributed by atoms with Crippen molar-refractivity contribution in [3.63, 3.8) is 0 Å². The van der Waals surface area contributed by atoms with Crippen LogP contribution in [0.5, 0.6) is 0 Å². The Morgan fingerprint density at radius 2 is 1.55 bits per heavy atom. The molecule has 146 valence electrons. The van der Waals surface area contributed by atoms with Crippen LogP contribution in [0, 0.1) is 0 Å². The van der Waals surface area contributed by atoms with Crippen LogP contribution >= 0.6 is 0 Å². The SMILES string of the molecule is O=C(Nc1cc(C(F)(F)F)ccc1-n1cccn1)c1ccc(-n2cccn2)cc1. The fourth-order valence-corrected chi connectivity index (χ4v) is 2.81. The molecule has 0 unspecified atom stereocenters. The van der Waals surface area contributed by atoms with Crippen LogP contribution in [-0.4, -0.2) is 25.5 Å². The van der Waals surface area contributed by atoms with E-state index in [0.717, 1.165) is 17.8 Å². The van der Waals surface area contributed by atoms with E-state index in [-0.39, 0.29) is 5.69 Å². The Morgan fingerprint density at radius 3 is 2.14 bits per heavy atom. The first-order valence-corrected chi connectivity index (χ1v) is 8.54. The normalized spacial score (nSPS) is 11.4. The molecule has 9 heteroatoms. The Labute approximate surface area is 163 Å². The molecule has 0 radical (unpaired) electrons. The van der Waals surface area contributed by atoms with Crippen molar-refractivity contribution in [2.24, 2.45) is 0 Å². The second-order valence-corrected chi connectivity index (χ2v) is 6.13. The van der Waals surface area contributed by atoms with Crippen molar-refractivity contribution in [2.45, 2.75) is 6.18 Å². The van der Waals surface area contributed by atoms with Gasteiger partial charge in [0.05, 0.1) is 22.6 Å². The minimum atomic E-state index is -4.53. The second kappa shape index (κ2) is 7.27. The summed E-state index contributed by atoms with van der Waals surface area (Å²) in [6.07, 6.45) is 1.93. The van der Waals surface area contributed by atoms with Crippen LogP contribution in [0.25, 0.3) is 11.4 Å². The van der Waals surface area contributed by atoms with E-state index in [9.17, 15) is 18.0 Å². The molecule has 0 saturated heterocycles. The molecule has 0 fully saturated rings. The lowest BCUT2D eigenvalue weighted by atomic mass is 10.1. The van der Waals surface area contributed by atoms with Gasteiger partial charge in [-0.15, -0.1) is 0 Å². The van der Waals surface area contributed by atoms with Crippen LogP contribution in [0.1, 0.15) is 15.9 Å². The average Bonchev–Trinajstić information content (AvgIpc) is 3.41. The van der Waals surface area contributed by atoms with Gasteiger partial charge in [0.1, 0.15) is 0 Å². The van der Waals surface area contributed by atoms with Crippen LogP contribution < -0.4 is 5.32 Å². The molecule has 29 heavy (non-hydrogen) atoms. The summed E-state index contributed by atoms with van der Waals surface area (Å²) in [5, 5.41) is 10.7. The molecule has 1 amide bonds. The van der Waals surface area contributed by atoms with Gasteiger partial charge in [-0.3, -0.25) is 4.79 Å². The van der Waals surface area contributed by atoms with Gasteiger partial charge in [0.15, 0.2) is 0 Å². The predicted octanol–water partition coefficient (Wildman–Crippen LogP) is 4.33. The molecule has 2 aromatic heterocycles. The minimum Gasteiger partial charge on any atom is -0.320 e. The molecular weight excluding hydrogens is 383 g/mol. The van der Waals surface area contributed by atoms with E-state index in [0.29, 0.717) is 11.3 Å². The van der Waals surface area contributed by atoms with E-state index in [2.05, 4.69) is 15.5 Å². The number of nitrogens with one attached hydrogen (secondary N) is 1. The molecule has 0 saturated carbocycles. The van der Waals surface area contributed by atoms with Gasteiger partial charge in [-0.25, -0.2) is 9.36 Å². The number of nitrogens with zero attached hydrogens (tertiary/aromatic N) is 4. The van der Waals surface area contributed by atoms with Crippen LogP contribution in [0.3, 0.4) is 0 Å². The first kappa shape index (κ1) is 18.5. The van der Waals surface area contributed by atoms with Crippen LogP contribution in [-0.2, 0) is 6.18 Å². The smallest absolute Gasteiger partial charge is 0.320 e. The third-order valence-corrected chi connectivity index (χ3v) is 4.22. The van der Waals surface area contributed by atoms with Gasteiger partial charge in [-0.2, -0.15) is 23.4 Å². The molecule has 0 aliphatic heterocycles. The molecule has 0 aliphatic carbocycles. The number of aromatic nitrogens is 4. The summed E-state index contributed by atoms with van der Waals surface area (Å²) in [6.45, 7) is 0. The quantitative estimate of drug-likeness (QED) is 0.558. The summed E-state index contributed by atoms with van der Waals surface area (Å²) in [5.41, 5.74) is 0.513. The second-order valence-electron chi connectivity index (χ2n) is 6.13. The summed E-state index contributed by atoms with van der Waals surface area (Å²) < 4.78 is 42.4. The fourth-order valence-electron chi connectivity index (χ4n) is 2.81. The number of rotatable bonds is 4. The van der Waals surface area contributed by atoms with Crippen molar-refractivity contribution >= 4 is 11.6 Å². The molecular formula is C20H14F3N5O. The van der Waals surface area contributed by atoms with Crippen molar-refractivity contribution in [1.29, 1.82) is 0 Å². The molecule has 6 nitrogen and oxygen atoms in total. The van der Waals surface area contributed by atoms with Crippen molar-refractivity contribution in [2.75, 3.05) is 5.32 Å². The first-order chi connectivity index (χ1) is 13.9. The van der Waals surface area contributed by atoms with E-state index in [4.69, 9.17) is 0 Å². The van der Waals surface area contributed by atoms with E-state index >= 15 is 0 Å². The Hall–Kier alpha value is -3.88. The van der Waals surface area contributed by atoms with Gasteiger partial charge >= 0.3 is 6.18 Å². The molecule has 0 aliphatic rings. The highest BCUT2D eigenvalue weighted by molar-refractivity contribution is 6.05. The molecule has 2 aromatic carbocycles. The number of alkyl halides is 3. The Morgan fingerprint density at radius 1 is 0.897 bits per heavy atom. The van der Waals surface area contributed by atoms with Gasteiger partial charge in [0.25, 0.3) is 5.91 Å². The van der Waals surface area contributed by atoms with E-state index < -0.39 is 17.6 Å². The van der Waals surface area contributed by atoms with Crippen molar-refractivity contribution in [1.82, 2.24) is 19.6 Å². The summed E-state index contributed by atoms with van der Waals surface area (Å²) in [5.74, 6) is -0.537. The number of carbonyl (C=O) groups is 1. The molecule has 0 spiro atoms. The predicted molar refractivity (Wildman–Crippen MR) is 100 cm³/mol. The maximum absolute atomic E-state index is 13.1. The number of anilines is 1. The topological polar surface area (TPSA) is 64.7 Å². The Kier molecular flexibility index (Phi) is 4.63. The number of halogens is 3. The standard InChI is InChI=1S/C20H14F3N5O/c21-20(22,23)15-5-8-18(28-12-2-10-25-28)17(13-15)26-19(29)14-3-6-16(7-4-14)27-11-1-9-24-27/h1-13H,(H,26,29). The average molecular weight is 397 g/mol. The molecule has 2 heterocycles. The van der Waals surface area contributed by atoms with Gasteiger partial charge in [0, 0.05) is 30.4 Å². The third-order valence-electron chi connectivity index (χ3n) is 4.22. The third kappa shape index (κ3) is 3.88. The van der Waals surface area contributed by atoms with Gasteiger partial charge in [0.2, 0.25) is 0 Å². The Balaban J connectivity index is 1.64. The lowest BCUT2D eigenvalue weighted by Crippen LogP contribution is -2.15. The maximum Gasteiger partial charge on any atom is 0.416 e. The summed E-state index contributed by atoms with van der Waals surface area (Å²) in [6, 6.07) is 13.1. The first-order valence-electron chi connectivity index (χ1n) is 8.54. The summed E-state index contributed by atoms with van der Waals surface area (Å²) in [4.78, 5) is 12.7. The number of hydrogen-bond acceptors (Lipinski definition) is 3. The van der Waals surface area contributed by atoms with Crippen LogP contribution in [0.2, 0.25) is 0 Å². The van der Waals surface area contributed by atoms with Crippen molar-refractivity contribution in [3.05, 3.63) is 90.5 Å².